The van der Waals surface area contributed by atoms with E-state index in [2.05, 4.69) is 30.5 Å². The summed E-state index contributed by atoms with van der Waals surface area (Å²) in [6.07, 6.45) is 1.92. The third kappa shape index (κ3) is 1.62. The first kappa shape index (κ1) is 10.7. The van der Waals surface area contributed by atoms with Crippen LogP contribution in [0, 0.1) is 6.92 Å². The monoisotopic (exact) mass is 309 g/mol. The molecule has 0 aliphatic rings. The maximum absolute atomic E-state index is 5.92. The first-order chi connectivity index (χ1) is 8.16. The van der Waals surface area contributed by atoms with Crippen molar-refractivity contribution in [2.24, 2.45) is 0 Å². The molecule has 0 unspecified atom stereocenters. The van der Waals surface area contributed by atoms with Crippen LogP contribution in [0.25, 0.3) is 17.0 Å². The fourth-order valence-corrected chi connectivity index (χ4v) is 2.69. The molecule has 0 saturated carbocycles. The number of halogens is 1. The van der Waals surface area contributed by atoms with E-state index in [4.69, 9.17) is 5.73 Å². The minimum atomic E-state index is 0.664. The molecule has 3 aromatic rings. The third-order valence-electron chi connectivity index (χ3n) is 2.48. The maximum atomic E-state index is 5.92. The lowest BCUT2D eigenvalue weighted by Gasteiger charge is -2.00. The van der Waals surface area contributed by atoms with Gasteiger partial charge < -0.3 is 5.73 Å². The molecule has 0 aliphatic carbocycles. The van der Waals surface area contributed by atoms with Crippen molar-refractivity contribution in [3.8, 4) is 11.4 Å². The SMILES string of the molecule is Cc1nsc(N)c1-c1nnc2ccc(Br)cn12. The molecule has 0 radical (unpaired) electrons. The molecule has 0 amide bonds. The zero-order valence-electron chi connectivity index (χ0n) is 8.88. The van der Waals surface area contributed by atoms with Gasteiger partial charge in [-0.2, -0.15) is 4.37 Å². The van der Waals surface area contributed by atoms with Gasteiger partial charge >= 0.3 is 0 Å². The van der Waals surface area contributed by atoms with Gasteiger partial charge in [0.1, 0.15) is 5.00 Å². The molecule has 3 rings (SSSR count). The molecule has 0 aromatic carbocycles. The first-order valence-electron chi connectivity index (χ1n) is 4.89. The van der Waals surface area contributed by atoms with Gasteiger partial charge in [0.15, 0.2) is 11.5 Å². The summed E-state index contributed by atoms with van der Waals surface area (Å²) in [5.41, 5.74) is 8.45. The minimum Gasteiger partial charge on any atom is -0.389 e. The summed E-state index contributed by atoms with van der Waals surface area (Å²) in [5, 5.41) is 8.95. The lowest BCUT2D eigenvalue weighted by atomic mass is 10.2. The Morgan fingerprint density at radius 1 is 1.35 bits per heavy atom. The van der Waals surface area contributed by atoms with E-state index in [1.165, 1.54) is 11.5 Å². The molecule has 0 spiro atoms. The Morgan fingerprint density at radius 3 is 2.88 bits per heavy atom. The van der Waals surface area contributed by atoms with Crippen LogP contribution in [0.5, 0.6) is 0 Å². The number of pyridine rings is 1. The van der Waals surface area contributed by atoms with Crippen LogP contribution in [0.1, 0.15) is 5.69 Å². The number of aromatic nitrogens is 4. The number of hydrogen-bond donors (Lipinski definition) is 1. The molecule has 3 heterocycles. The lowest BCUT2D eigenvalue weighted by molar-refractivity contribution is 1.10. The molecule has 7 heteroatoms. The van der Waals surface area contributed by atoms with Gasteiger partial charge in [-0.1, -0.05) is 0 Å². The summed E-state index contributed by atoms with van der Waals surface area (Å²) < 4.78 is 7.09. The molecule has 0 aliphatic heterocycles. The Labute approximate surface area is 110 Å². The van der Waals surface area contributed by atoms with Gasteiger partial charge in [-0.15, -0.1) is 10.2 Å². The van der Waals surface area contributed by atoms with Crippen LogP contribution in [0.15, 0.2) is 22.8 Å². The van der Waals surface area contributed by atoms with Crippen molar-refractivity contribution in [3.63, 3.8) is 0 Å². The highest BCUT2D eigenvalue weighted by Crippen LogP contribution is 2.31. The van der Waals surface area contributed by atoms with Crippen LogP contribution in [-0.2, 0) is 0 Å². The van der Waals surface area contributed by atoms with E-state index in [0.29, 0.717) is 5.00 Å². The molecular weight excluding hydrogens is 302 g/mol. The van der Waals surface area contributed by atoms with Gasteiger partial charge in [0.2, 0.25) is 0 Å². The van der Waals surface area contributed by atoms with Crippen molar-refractivity contribution in [2.45, 2.75) is 6.92 Å². The molecule has 0 atom stereocenters. The summed E-state index contributed by atoms with van der Waals surface area (Å²) in [4.78, 5) is 0. The summed E-state index contributed by atoms with van der Waals surface area (Å²) in [5.74, 6) is 0.727. The Bertz CT molecular complexity index is 682. The van der Waals surface area contributed by atoms with Crippen molar-refractivity contribution in [1.82, 2.24) is 19.0 Å². The molecule has 3 aromatic heterocycles. The van der Waals surface area contributed by atoms with Crippen LogP contribution in [0.3, 0.4) is 0 Å². The zero-order valence-corrected chi connectivity index (χ0v) is 11.3. The standard InChI is InChI=1S/C10H8BrN5S/c1-5-8(9(12)17-15-5)10-14-13-7-3-2-6(11)4-16(7)10/h2-4H,12H2,1H3. The highest BCUT2D eigenvalue weighted by molar-refractivity contribution is 9.10. The van der Waals surface area contributed by atoms with Crippen LogP contribution >= 0.6 is 27.5 Å². The van der Waals surface area contributed by atoms with Crippen molar-refractivity contribution in [3.05, 3.63) is 28.5 Å². The Balaban J connectivity index is 2.35. The predicted molar refractivity (Wildman–Crippen MR) is 70.9 cm³/mol. The summed E-state index contributed by atoms with van der Waals surface area (Å²) in [6.45, 7) is 1.92. The average molecular weight is 310 g/mol. The first-order valence-corrected chi connectivity index (χ1v) is 6.46. The van der Waals surface area contributed by atoms with Crippen molar-refractivity contribution >= 4 is 38.1 Å². The van der Waals surface area contributed by atoms with Gasteiger partial charge in [-0.05, 0) is 46.5 Å². The van der Waals surface area contributed by atoms with Gasteiger partial charge in [0, 0.05) is 10.7 Å². The number of hydrogen-bond acceptors (Lipinski definition) is 5. The van der Waals surface area contributed by atoms with Gasteiger partial charge in [0.25, 0.3) is 0 Å². The molecule has 5 nitrogen and oxygen atoms in total. The molecule has 2 N–H and O–H groups in total. The van der Waals surface area contributed by atoms with Crippen LogP contribution < -0.4 is 5.73 Å². The van der Waals surface area contributed by atoms with Crippen LogP contribution in [0.2, 0.25) is 0 Å². The van der Waals surface area contributed by atoms with E-state index < -0.39 is 0 Å². The molecular formula is C10H8BrN5S. The van der Waals surface area contributed by atoms with Gasteiger partial charge in [-0.25, -0.2) is 0 Å². The number of nitrogens with zero attached hydrogens (tertiary/aromatic N) is 4. The van der Waals surface area contributed by atoms with Crippen molar-refractivity contribution in [1.29, 1.82) is 0 Å². The number of nitrogens with two attached hydrogens (primary N) is 1. The number of nitrogen functional groups attached to an aromatic ring is 1. The molecule has 0 fully saturated rings. The number of aryl methyl sites for hydroxylation is 1. The van der Waals surface area contributed by atoms with Crippen molar-refractivity contribution in [2.75, 3.05) is 5.73 Å². The van der Waals surface area contributed by atoms with Crippen LogP contribution in [0.4, 0.5) is 5.00 Å². The van der Waals surface area contributed by atoms with E-state index in [-0.39, 0.29) is 0 Å². The molecule has 0 bridgehead atoms. The second-order valence-corrected chi connectivity index (χ2v) is 5.33. The normalized spacial score (nSPS) is 11.2. The number of rotatable bonds is 1. The van der Waals surface area contributed by atoms with Crippen molar-refractivity contribution < 1.29 is 0 Å². The summed E-state index contributed by atoms with van der Waals surface area (Å²) >= 11 is 4.71. The summed E-state index contributed by atoms with van der Waals surface area (Å²) in [7, 11) is 0. The maximum Gasteiger partial charge on any atom is 0.173 e. The topological polar surface area (TPSA) is 69.1 Å². The predicted octanol–water partition coefficient (Wildman–Crippen LogP) is 2.51. The third-order valence-corrected chi connectivity index (χ3v) is 3.71. The highest BCUT2D eigenvalue weighted by Gasteiger charge is 2.16. The summed E-state index contributed by atoms with van der Waals surface area (Å²) in [6, 6.07) is 3.82. The molecule has 17 heavy (non-hydrogen) atoms. The Morgan fingerprint density at radius 2 is 2.18 bits per heavy atom. The quantitative estimate of drug-likeness (QED) is 0.750. The van der Waals surface area contributed by atoms with E-state index in [1.54, 1.807) is 0 Å². The fourth-order valence-electron chi connectivity index (χ4n) is 1.69. The highest BCUT2D eigenvalue weighted by atomic mass is 79.9. The number of fused-ring (bicyclic) bond motifs is 1. The lowest BCUT2D eigenvalue weighted by Crippen LogP contribution is -1.93. The molecule has 86 valence electrons. The van der Waals surface area contributed by atoms with Gasteiger partial charge in [0.05, 0.1) is 11.3 Å². The van der Waals surface area contributed by atoms with E-state index >= 15 is 0 Å². The Kier molecular flexibility index (Phi) is 2.37. The largest absolute Gasteiger partial charge is 0.389 e. The van der Waals surface area contributed by atoms with Crippen LogP contribution in [-0.4, -0.2) is 19.0 Å². The fraction of sp³-hybridized carbons (Fsp3) is 0.100. The smallest absolute Gasteiger partial charge is 0.173 e. The number of anilines is 1. The zero-order chi connectivity index (χ0) is 12.0. The second kappa shape index (κ2) is 3.78. The van der Waals surface area contributed by atoms with Gasteiger partial charge in [-0.3, -0.25) is 4.40 Å². The van der Waals surface area contributed by atoms with E-state index in [9.17, 15) is 0 Å². The minimum absolute atomic E-state index is 0.664. The van der Waals surface area contributed by atoms with E-state index in [1.807, 2.05) is 29.7 Å². The average Bonchev–Trinajstić information content (AvgIpc) is 2.83. The molecule has 0 saturated heterocycles. The second-order valence-electron chi connectivity index (χ2n) is 3.61. The van der Waals surface area contributed by atoms with E-state index in [0.717, 1.165) is 27.2 Å². The Hall–Kier alpha value is -1.47.